The lowest BCUT2D eigenvalue weighted by Gasteiger charge is -2.06. The highest BCUT2D eigenvalue weighted by Gasteiger charge is 2.27. The zero-order valence-corrected chi connectivity index (χ0v) is 14.4. The van der Waals surface area contributed by atoms with Gasteiger partial charge in [-0.15, -0.1) is 22.7 Å². The summed E-state index contributed by atoms with van der Waals surface area (Å²) in [6.07, 6.45) is 2.55. The van der Waals surface area contributed by atoms with Gasteiger partial charge in [0.15, 0.2) is 4.80 Å². The Morgan fingerprint density at radius 3 is 2.64 bits per heavy atom. The first-order valence-electron chi connectivity index (χ1n) is 7.58. The van der Waals surface area contributed by atoms with E-state index in [1.165, 1.54) is 34.5 Å². The van der Waals surface area contributed by atoms with Crippen LogP contribution in [0.4, 0.5) is 5.69 Å². The third-order valence-corrected chi connectivity index (χ3v) is 5.87. The molecule has 0 bridgehead atoms. The van der Waals surface area contributed by atoms with E-state index in [9.17, 15) is 0 Å². The van der Waals surface area contributed by atoms with Crippen LogP contribution in [0.1, 0.15) is 30.0 Å². The lowest BCUT2D eigenvalue weighted by molar-refractivity contribution is 0.726. The topological polar surface area (TPSA) is 17.3 Å². The first-order valence-corrected chi connectivity index (χ1v) is 9.34. The first-order chi connectivity index (χ1) is 10.7. The molecule has 1 aromatic carbocycles. The smallest absolute Gasteiger partial charge is 0.190 e. The zero-order chi connectivity index (χ0) is 15.1. The largest absolute Gasteiger partial charge is 0.313 e. The van der Waals surface area contributed by atoms with Crippen LogP contribution in [0.25, 0.3) is 10.6 Å². The lowest BCUT2D eigenvalue weighted by Crippen LogP contribution is -2.14. The maximum absolute atomic E-state index is 4.92. The van der Waals surface area contributed by atoms with Crippen molar-refractivity contribution < 1.29 is 0 Å². The van der Waals surface area contributed by atoms with Crippen LogP contribution in [0.3, 0.4) is 0 Å². The molecule has 0 unspecified atom stereocenters. The van der Waals surface area contributed by atoms with E-state index in [4.69, 9.17) is 4.99 Å². The summed E-state index contributed by atoms with van der Waals surface area (Å²) < 4.78 is 2.44. The summed E-state index contributed by atoms with van der Waals surface area (Å²) in [4.78, 5) is 7.38. The Hall–Kier alpha value is -1.65. The quantitative estimate of drug-likeness (QED) is 0.608. The fraction of sp³-hybridized carbons (Fsp3) is 0.278. The van der Waals surface area contributed by atoms with E-state index in [1.54, 1.807) is 22.7 Å². The van der Waals surface area contributed by atoms with Gasteiger partial charge in [-0.25, -0.2) is 4.99 Å². The molecule has 0 spiro atoms. The fourth-order valence-corrected chi connectivity index (χ4v) is 4.39. The molecule has 22 heavy (non-hydrogen) atoms. The van der Waals surface area contributed by atoms with E-state index < -0.39 is 0 Å². The maximum atomic E-state index is 4.92. The molecule has 0 aliphatic heterocycles. The van der Waals surface area contributed by atoms with Gasteiger partial charge in [-0.3, -0.25) is 0 Å². The average molecular weight is 326 g/mol. The Morgan fingerprint density at radius 1 is 1.09 bits per heavy atom. The minimum atomic E-state index is 0.633. The van der Waals surface area contributed by atoms with E-state index in [0.29, 0.717) is 6.04 Å². The standard InChI is InChI=1S/C18H18N2S2/c1-12-5-6-14(10-13(12)2)19-18-20(15-7-8-15)16(11-22-18)17-4-3-9-21-17/h3-6,9-11,15H,7-8H2,1-2H3. The van der Waals surface area contributed by atoms with Crippen LogP contribution in [0.2, 0.25) is 0 Å². The molecule has 1 fully saturated rings. The molecule has 1 aliphatic carbocycles. The molecule has 0 N–H and O–H groups in total. The molecule has 2 heterocycles. The normalized spacial score (nSPS) is 15.5. The van der Waals surface area contributed by atoms with Gasteiger partial charge in [-0.1, -0.05) is 12.1 Å². The first kappa shape index (κ1) is 14.0. The third-order valence-electron chi connectivity index (χ3n) is 4.14. The van der Waals surface area contributed by atoms with Crippen LogP contribution in [0, 0.1) is 13.8 Å². The average Bonchev–Trinajstić information content (AvgIpc) is 3.04. The van der Waals surface area contributed by atoms with Crippen LogP contribution >= 0.6 is 22.7 Å². The van der Waals surface area contributed by atoms with Gasteiger partial charge in [0, 0.05) is 11.4 Å². The van der Waals surface area contributed by atoms with Crippen molar-refractivity contribution in [1.82, 2.24) is 4.57 Å². The van der Waals surface area contributed by atoms with Crippen molar-refractivity contribution in [3.63, 3.8) is 0 Å². The third kappa shape index (κ3) is 2.57. The number of thiazole rings is 1. The Balaban J connectivity index is 1.85. The number of aryl methyl sites for hydroxylation is 2. The second kappa shape index (κ2) is 5.52. The molecule has 2 nitrogen and oxygen atoms in total. The van der Waals surface area contributed by atoms with Gasteiger partial charge in [0.05, 0.1) is 16.3 Å². The summed E-state index contributed by atoms with van der Waals surface area (Å²) >= 11 is 3.55. The summed E-state index contributed by atoms with van der Waals surface area (Å²) in [5, 5.41) is 4.40. The molecule has 2 aromatic heterocycles. The number of nitrogens with zero attached hydrogens (tertiary/aromatic N) is 2. The van der Waals surface area contributed by atoms with Crippen molar-refractivity contribution >= 4 is 28.4 Å². The van der Waals surface area contributed by atoms with Crippen molar-refractivity contribution in [1.29, 1.82) is 0 Å². The minimum Gasteiger partial charge on any atom is -0.313 e. The number of benzene rings is 1. The van der Waals surface area contributed by atoms with Crippen LogP contribution in [-0.4, -0.2) is 4.57 Å². The predicted octanol–water partition coefficient (Wildman–Crippen LogP) is 5.46. The van der Waals surface area contributed by atoms with Crippen LogP contribution in [0.5, 0.6) is 0 Å². The maximum Gasteiger partial charge on any atom is 0.190 e. The molecule has 112 valence electrons. The number of hydrogen-bond acceptors (Lipinski definition) is 3. The van der Waals surface area contributed by atoms with Gasteiger partial charge in [-0.05, 0) is 61.4 Å². The van der Waals surface area contributed by atoms with Crippen LogP contribution in [-0.2, 0) is 0 Å². The van der Waals surface area contributed by atoms with Crippen LogP contribution < -0.4 is 4.80 Å². The van der Waals surface area contributed by atoms with E-state index >= 15 is 0 Å². The highest BCUT2D eigenvalue weighted by atomic mass is 32.1. The van der Waals surface area contributed by atoms with E-state index in [0.717, 1.165) is 10.5 Å². The number of hydrogen-bond donors (Lipinski definition) is 0. The summed E-state index contributed by atoms with van der Waals surface area (Å²) in [7, 11) is 0. The number of aromatic nitrogens is 1. The second-order valence-corrected chi connectivity index (χ2v) is 7.65. The Bertz CT molecular complexity index is 865. The molecule has 4 heteroatoms. The van der Waals surface area contributed by atoms with E-state index in [1.807, 2.05) is 0 Å². The SMILES string of the molecule is Cc1ccc(N=c2scc(-c3cccs3)n2C2CC2)cc1C. The second-order valence-electron chi connectivity index (χ2n) is 5.86. The van der Waals surface area contributed by atoms with Crippen molar-refractivity contribution in [2.45, 2.75) is 32.7 Å². The molecule has 0 radical (unpaired) electrons. The van der Waals surface area contributed by atoms with Gasteiger partial charge in [0.1, 0.15) is 0 Å². The van der Waals surface area contributed by atoms with E-state index in [2.05, 4.69) is 59.5 Å². The van der Waals surface area contributed by atoms with Gasteiger partial charge in [-0.2, -0.15) is 0 Å². The van der Waals surface area contributed by atoms with Crippen molar-refractivity contribution in [2.24, 2.45) is 4.99 Å². The summed E-state index contributed by atoms with van der Waals surface area (Å²) in [6.45, 7) is 4.29. The molecular formula is C18H18N2S2. The Kier molecular flexibility index (Phi) is 3.51. The molecule has 3 aromatic rings. The molecule has 0 amide bonds. The lowest BCUT2D eigenvalue weighted by atomic mass is 10.1. The van der Waals surface area contributed by atoms with Gasteiger partial charge in [0.2, 0.25) is 0 Å². The molecule has 1 saturated carbocycles. The minimum absolute atomic E-state index is 0.633. The summed E-state index contributed by atoms with van der Waals surface area (Å²) in [6, 6.07) is 11.4. The van der Waals surface area contributed by atoms with Crippen LogP contribution in [0.15, 0.2) is 46.1 Å². The van der Waals surface area contributed by atoms with Gasteiger partial charge in [0.25, 0.3) is 0 Å². The Labute approximate surface area is 138 Å². The zero-order valence-electron chi connectivity index (χ0n) is 12.7. The van der Waals surface area contributed by atoms with Crippen molar-refractivity contribution in [3.8, 4) is 10.6 Å². The molecular weight excluding hydrogens is 308 g/mol. The molecule has 1 aliphatic rings. The number of thiophene rings is 1. The molecule has 0 saturated heterocycles. The highest BCUT2D eigenvalue weighted by Crippen LogP contribution is 2.39. The highest BCUT2D eigenvalue weighted by molar-refractivity contribution is 7.14. The fourth-order valence-electron chi connectivity index (χ4n) is 2.60. The van der Waals surface area contributed by atoms with E-state index in [-0.39, 0.29) is 0 Å². The number of rotatable bonds is 3. The van der Waals surface area contributed by atoms with Gasteiger partial charge < -0.3 is 4.57 Å². The van der Waals surface area contributed by atoms with Gasteiger partial charge >= 0.3 is 0 Å². The van der Waals surface area contributed by atoms with Crippen molar-refractivity contribution in [2.75, 3.05) is 0 Å². The summed E-state index contributed by atoms with van der Waals surface area (Å²) in [5.74, 6) is 0. The predicted molar refractivity (Wildman–Crippen MR) is 95.0 cm³/mol. The van der Waals surface area contributed by atoms with Crippen molar-refractivity contribution in [3.05, 3.63) is 57.0 Å². The molecule has 4 rings (SSSR count). The Morgan fingerprint density at radius 2 is 1.95 bits per heavy atom. The summed E-state index contributed by atoms with van der Waals surface area (Å²) in [5.41, 5.74) is 5.00. The molecule has 0 atom stereocenters. The monoisotopic (exact) mass is 326 g/mol.